The molecule has 4 nitrogen and oxygen atoms in total. The van der Waals surface area contributed by atoms with Gasteiger partial charge in [0, 0.05) is 12.1 Å². The molecule has 0 saturated heterocycles. The molecule has 11 heavy (non-hydrogen) atoms. The molecule has 0 aliphatic carbocycles. The molecule has 1 aromatic heterocycles. The van der Waals surface area contributed by atoms with Crippen LogP contribution in [0.3, 0.4) is 0 Å². The second-order valence-electron chi connectivity index (χ2n) is 2.66. The summed E-state index contributed by atoms with van der Waals surface area (Å²) in [6.07, 6.45) is 0.991. The van der Waals surface area contributed by atoms with Gasteiger partial charge in [-0.25, -0.2) is 0 Å². The smallest absolute Gasteiger partial charge is 0.154 e. The number of nitrogens with two attached hydrogens (primary N) is 1. The molecule has 3 N–H and O–H groups in total. The standard InChI is InChI=1S/C7H11N3O/c8-3-6-5-1-2-9-4-7(5)11-10-6/h9H,1-4,8H2. The Morgan fingerprint density at radius 2 is 2.55 bits per heavy atom. The zero-order chi connectivity index (χ0) is 7.68. The van der Waals surface area contributed by atoms with Crippen molar-refractivity contribution >= 4 is 0 Å². The molecule has 2 rings (SSSR count). The number of hydrogen-bond acceptors (Lipinski definition) is 4. The normalized spacial score (nSPS) is 16.5. The van der Waals surface area contributed by atoms with Gasteiger partial charge in [-0.3, -0.25) is 0 Å². The fourth-order valence-electron chi connectivity index (χ4n) is 1.38. The SMILES string of the molecule is NCc1noc2c1CCNC2. The van der Waals surface area contributed by atoms with E-state index in [4.69, 9.17) is 10.3 Å². The van der Waals surface area contributed by atoms with Crippen LogP contribution >= 0.6 is 0 Å². The summed E-state index contributed by atoms with van der Waals surface area (Å²) in [6, 6.07) is 0. The van der Waals surface area contributed by atoms with Crippen LogP contribution in [0.1, 0.15) is 17.0 Å². The molecule has 0 spiro atoms. The number of fused-ring (bicyclic) bond motifs is 1. The van der Waals surface area contributed by atoms with Gasteiger partial charge in [-0.1, -0.05) is 5.16 Å². The second-order valence-corrected chi connectivity index (χ2v) is 2.66. The zero-order valence-corrected chi connectivity index (χ0v) is 6.26. The Balaban J connectivity index is 2.38. The highest BCUT2D eigenvalue weighted by atomic mass is 16.5. The number of rotatable bonds is 1. The van der Waals surface area contributed by atoms with Gasteiger partial charge in [-0.2, -0.15) is 0 Å². The van der Waals surface area contributed by atoms with Crippen LogP contribution in [0.4, 0.5) is 0 Å². The Bertz CT molecular complexity index is 243. The lowest BCUT2D eigenvalue weighted by Crippen LogP contribution is -2.23. The maximum Gasteiger partial charge on any atom is 0.154 e. The third-order valence-electron chi connectivity index (χ3n) is 1.98. The molecule has 4 heteroatoms. The first-order valence-electron chi connectivity index (χ1n) is 3.79. The number of aromatic nitrogens is 1. The van der Waals surface area contributed by atoms with Crippen molar-refractivity contribution in [3.63, 3.8) is 0 Å². The van der Waals surface area contributed by atoms with Gasteiger partial charge in [0.1, 0.15) is 5.69 Å². The maximum atomic E-state index is 5.48. The molecule has 0 radical (unpaired) electrons. The Morgan fingerprint density at radius 3 is 3.36 bits per heavy atom. The van der Waals surface area contributed by atoms with Gasteiger partial charge in [-0.05, 0) is 13.0 Å². The van der Waals surface area contributed by atoms with E-state index >= 15 is 0 Å². The Labute approximate surface area is 64.7 Å². The van der Waals surface area contributed by atoms with Crippen molar-refractivity contribution in [1.82, 2.24) is 10.5 Å². The molecule has 0 amide bonds. The van der Waals surface area contributed by atoms with Gasteiger partial charge in [0.2, 0.25) is 0 Å². The molecule has 60 valence electrons. The van der Waals surface area contributed by atoms with E-state index in [9.17, 15) is 0 Å². The van der Waals surface area contributed by atoms with Crippen LogP contribution in [0.2, 0.25) is 0 Å². The van der Waals surface area contributed by atoms with E-state index in [0.29, 0.717) is 6.54 Å². The highest BCUT2D eigenvalue weighted by Gasteiger charge is 2.17. The average Bonchev–Trinajstić information content (AvgIpc) is 2.47. The van der Waals surface area contributed by atoms with Gasteiger partial charge < -0.3 is 15.6 Å². The van der Waals surface area contributed by atoms with Crippen molar-refractivity contribution in [2.75, 3.05) is 6.54 Å². The van der Waals surface area contributed by atoms with Crippen LogP contribution in [0, 0.1) is 0 Å². The van der Waals surface area contributed by atoms with Crippen LogP contribution < -0.4 is 11.1 Å². The summed E-state index contributed by atoms with van der Waals surface area (Å²) in [7, 11) is 0. The molecular formula is C7H11N3O. The fourth-order valence-corrected chi connectivity index (χ4v) is 1.38. The minimum atomic E-state index is 0.485. The predicted octanol–water partition coefficient (Wildman–Crippen LogP) is -0.221. The van der Waals surface area contributed by atoms with Gasteiger partial charge in [-0.15, -0.1) is 0 Å². The van der Waals surface area contributed by atoms with E-state index in [1.54, 1.807) is 0 Å². The first-order chi connectivity index (χ1) is 5.42. The second kappa shape index (κ2) is 2.64. The highest BCUT2D eigenvalue weighted by Crippen LogP contribution is 2.16. The molecule has 0 unspecified atom stereocenters. The largest absolute Gasteiger partial charge is 0.359 e. The first kappa shape index (κ1) is 6.82. The van der Waals surface area contributed by atoms with Crippen molar-refractivity contribution in [3.05, 3.63) is 17.0 Å². The van der Waals surface area contributed by atoms with Crippen LogP contribution in [-0.2, 0) is 19.5 Å². The Kier molecular flexibility index (Phi) is 1.63. The lowest BCUT2D eigenvalue weighted by molar-refractivity contribution is 0.362. The van der Waals surface area contributed by atoms with Gasteiger partial charge in [0.25, 0.3) is 0 Å². The van der Waals surface area contributed by atoms with Gasteiger partial charge in [0.15, 0.2) is 5.76 Å². The summed E-state index contributed by atoms with van der Waals surface area (Å²) in [6.45, 7) is 2.28. The van der Waals surface area contributed by atoms with Crippen molar-refractivity contribution in [1.29, 1.82) is 0 Å². The van der Waals surface area contributed by atoms with E-state index in [0.717, 1.165) is 31.0 Å². The van der Waals surface area contributed by atoms with E-state index in [1.807, 2.05) is 0 Å². The van der Waals surface area contributed by atoms with E-state index in [-0.39, 0.29) is 0 Å². The van der Waals surface area contributed by atoms with Gasteiger partial charge in [0.05, 0.1) is 6.54 Å². The van der Waals surface area contributed by atoms with Crippen molar-refractivity contribution in [2.45, 2.75) is 19.5 Å². The molecule has 2 heterocycles. The van der Waals surface area contributed by atoms with E-state index < -0.39 is 0 Å². The fraction of sp³-hybridized carbons (Fsp3) is 0.571. The summed E-state index contributed by atoms with van der Waals surface area (Å²) < 4.78 is 5.09. The summed E-state index contributed by atoms with van der Waals surface area (Å²) >= 11 is 0. The topological polar surface area (TPSA) is 64.1 Å². The molecule has 0 saturated carbocycles. The van der Waals surface area contributed by atoms with Crippen LogP contribution in [0.15, 0.2) is 4.52 Å². The first-order valence-corrected chi connectivity index (χ1v) is 3.79. The predicted molar refractivity (Wildman–Crippen MR) is 39.8 cm³/mol. The van der Waals surface area contributed by atoms with E-state index in [2.05, 4.69) is 10.5 Å². The van der Waals surface area contributed by atoms with Crippen LogP contribution in [-0.4, -0.2) is 11.7 Å². The molecule has 0 atom stereocenters. The van der Waals surface area contributed by atoms with Gasteiger partial charge >= 0.3 is 0 Å². The third-order valence-corrected chi connectivity index (χ3v) is 1.98. The van der Waals surface area contributed by atoms with Crippen molar-refractivity contribution in [2.24, 2.45) is 5.73 Å². The third kappa shape index (κ3) is 1.04. The minimum Gasteiger partial charge on any atom is -0.359 e. The molecule has 1 aliphatic heterocycles. The number of nitrogens with zero attached hydrogens (tertiary/aromatic N) is 1. The number of nitrogens with one attached hydrogen (secondary N) is 1. The summed E-state index contributed by atoms with van der Waals surface area (Å²) in [5.74, 6) is 0.955. The van der Waals surface area contributed by atoms with Crippen LogP contribution in [0.25, 0.3) is 0 Å². The quantitative estimate of drug-likeness (QED) is 0.585. The summed E-state index contributed by atoms with van der Waals surface area (Å²) in [4.78, 5) is 0. The summed E-state index contributed by atoms with van der Waals surface area (Å²) in [5, 5.41) is 7.08. The molecular weight excluding hydrogens is 142 g/mol. The highest BCUT2D eigenvalue weighted by molar-refractivity contribution is 5.24. The molecule has 0 fully saturated rings. The minimum absolute atomic E-state index is 0.485. The lowest BCUT2D eigenvalue weighted by atomic mass is 10.1. The van der Waals surface area contributed by atoms with Crippen LogP contribution in [0.5, 0.6) is 0 Å². The monoisotopic (exact) mass is 153 g/mol. The molecule has 0 aromatic carbocycles. The van der Waals surface area contributed by atoms with E-state index in [1.165, 1.54) is 5.56 Å². The maximum absolute atomic E-state index is 5.48. The Morgan fingerprint density at radius 1 is 1.64 bits per heavy atom. The zero-order valence-electron chi connectivity index (χ0n) is 6.26. The Hall–Kier alpha value is -0.870. The molecule has 1 aliphatic rings. The van der Waals surface area contributed by atoms with Crippen molar-refractivity contribution in [3.8, 4) is 0 Å². The number of hydrogen-bond donors (Lipinski definition) is 2. The molecule has 1 aromatic rings. The lowest BCUT2D eigenvalue weighted by Gasteiger charge is -2.09. The average molecular weight is 153 g/mol. The van der Waals surface area contributed by atoms with Crippen molar-refractivity contribution < 1.29 is 4.52 Å². The summed E-state index contributed by atoms with van der Waals surface area (Å²) in [5.41, 5.74) is 7.61. The molecule has 0 bridgehead atoms.